The van der Waals surface area contributed by atoms with Gasteiger partial charge in [-0.3, -0.25) is 14.5 Å². The van der Waals surface area contributed by atoms with E-state index in [4.69, 9.17) is 16.0 Å². The molecular formula is C26H28ClN3O4S. The standard InChI is InChI=1S/C26H28ClN3O4S/c1-16-22(15-29(2)14-20(31)21-5-4-10-34-21)35-26-24(16)30(3)13-18(25(26)33)11-23(32)28-12-17-6-8-19(27)9-7-17/h4-10,13,20,31H,11-12,14-15H2,1-3H3,(H,28,32). The predicted molar refractivity (Wildman–Crippen MR) is 139 cm³/mol. The Balaban J connectivity index is 1.48. The van der Waals surface area contributed by atoms with Crippen molar-refractivity contribution in [3.8, 4) is 0 Å². The van der Waals surface area contributed by atoms with Crippen LogP contribution in [0, 0.1) is 6.92 Å². The predicted octanol–water partition coefficient (Wildman–Crippen LogP) is 4.18. The van der Waals surface area contributed by atoms with E-state index in [1.54, 1.807) is 36.7 Å². The van der Waals surface area contributed by atoms with Crippen LogP contribution in [-0.4, -0.2) is 34.1 Å². The van der Waals surface area contributed by atoms with E-state index in [9.17, 15) is 14.7 Å². The molecule has 0 fully saturated rings. The van der Waals surface area contributed by atoms with Crippen LogP contribution in [0.15, 0.2) is 58.1 Å². The molecule has 4 rings (SSSR count). The molecular weight excluding hydrogens is 486 g/mol. The number of likely N-dealkylation sites (N-methyl/N-ethyl adjacent to an activating group) is 1. The molecule has 0 aliphatic rings. The highest BCUT2D eigenvalue weighted by Crippen LogP contribution is 2.30. The Bertz CT molecular complexity index is 1380. The Morgan fingerprint density at radius 1 is 1.29 bits per heavy atom. The minimum Gasteiger partial charge on any atom is -0.467 e. The van der Waals surface area contributed by atoms with E-state index in [1.165, 1.54) is 11.3 Å². The van der Waals surface area contributed by atoms with Gasteiger partial charge in [0.1, 0.15) is 11.9 Å². The van der Waals surface area contributed by atoms with E-state index in [0.717, 1.165) is 21.5 Å². The summed E-state index contributed by atoms with van der Waals surface area (Å²) in [6, 6.07) is 10.8. The lowest BCUT2D eigenvalue weighted by atomic mass is 10.1. The van der Waals surface area contributed by atoms with Gasteiger partial charge in [-0.1, -0.05) is 23.7 Å². The molecule has 9 heteroatoms. The first-order valence-electron chi connectivity index (χ1n) is 11.2. The maximum absolute atomic E-state index is 13.2. The number of amides is 1. The fraction of sp³-hybridized carbons (Fsp3) is 0.308. The van der Waals surface area contributed by atoms with Crippen LogP contribution < -0.4 is 10.7 Å². The van der Waals surface area contributed by atoms with Crippen molar-refractivity contribution in [2.75, 3.05) is 13.6 Å². The van der Waals surface area contributed by atoms with Crippen molar-refractivity contribution in [1.29, 1.82) is 0 Å². The lowest BCUT2D eigenvalue weighted by Crippen LogP contribution is -2.27. The van der Waals surface area contributed by atoms with Crippen LogP contribution >= 0.6 is 22.9 Å². The molecule has 4 aromatic rings. The molecule has 0 aliphatic carbocycles. The highest BCUT2D eigenvalue weighted by Gasteiger charge is 2.20. The summed E-state index contributed by atoms with van der Waals surface area (Å²) >= 11 is 7.35. The largest absolute Gasteiger partial charge is 0.467 e. The Kier molecular flexibility index (Phi) is 7.76. The molecule has 1 unspecified atom stereocenters. The number of rotatable bonds is 9. The number of nitrogens with zero attached hydrogens (tertiary/aromatic N) is 2. The van der Waals surface area contributed by atoms with E-state index < -0.39 is 6.10 Å². The first kappa shape index (κ1) is 25.2. The third-order valence-corrected chi connectivity index (χ3v) is 7.45. The Labute approximate surface area is 212 Å². The van der Waals surface area contributed by atoms with Crippen LogP contribution in [0.2, 0.25) is 5.02 Å². The van der Waals surface area contributed by atoms with Crippen molar-refractivity contribution < 1.29 is 14.3 Å². The van der Waals surface area contributed by atoms with Crippen molar-refractivity contribution in [3.05, 3.63) is 91.4 Å². The van der Waals surface area contributed by atoms with Gasteiger partial charge < -0.3 is 19.4 Å². The highest BCUT2D eigenvalue weighted by atomic mass is 35.5. The van der Waals surface area contributed by atoms with Crippen molar-refractivity contribution in [3.63, 3.8) is 0 Å². The number of aryl methyl sites for hydroxylation is 2. The number of halogens is 1. The van der Waals surface area contributed by atoms with E-state index in [-0.39, 0.29) is 17.8 Å². The number of hydrogen-bond acceptors (Lipinski definition) is 6. The van der Waals surface area contributed by atoms with Crippen LogP contribution in [-0.2, 0) is 31.4 Å². The molecule has 184 valence electrons. The van der Waals surface area contributed by atoms with E-state index in [2.05, 4.69) is 5.32 Å². The molecule has 3 aromatic heterocycles. The quantitative estimate of drug-likeness (QED) is 0.350. The van der Waals surface area contributed by atoms with Gasteiger partial charge in [0.05, 0.1) is 22.9 Å². The van der Waals surface area contributed by atoms with Crippen molar-refractivity contribution in [2.45, 2.75) is 32.5 Å². The molecule has 1 amide bonds. The molecule has 35 heavy (non-hydrogen) atoms. The summed E-state index contributed by atoms with van der Waals surface area (Å²) in [4.78, 5) is 28.8. The van der Waals surface area contributed by atoms with Crippen LogP contribution in [0.1, 0.15) is 33.4 Å². The number of pyridine rings is 1. The number of carbonyl (C=O) groups excluding carboxylic acids is 1. The molecule has 0 spiro atoms. The van der Waals surface area contributed by atoms with Crippen molar-refractivity contribution in [2.24, 2.45) is 7.05 Å². The number of furan rings is 1. The zero-order valence-electron chi connectivity index (χ0n) is 19.9. The monoisotopic (exact) mass is 513 g/mol. The van der Waals surface area contributed by atoms with Crippen LogP contribution in [0.4, 0.5) is 0 Å². The number of aliphatic hydroxyl groups excluding tert-OH is 1. The summed E-state index contributed by atoms with van der Waals surface area (Å²) < 4.78 is 7.85. The minimum absolute atomic E-state index is 0.0116. The summed E-state index contributed by atoms with van der Waals surface area (Å²) in [5.74, 6) is 0.314. The lowest BCUT2D eigenvalue weighted by Gasteiger charge is -2.19. The molecule has 0 saturated carbocycles. The summed E-state index contributed by atoms with van der Waals surface area (Å²) in [7, 11) is 3.81. The average Bonchev–Trinajstić information content (AvgIpc) is 3.46. The number of fused-ring (bicyclic) bond motifs is 1. The number of aromatic nitrogens is 1. The second-order valence-electron chi connectivity index (χ2n) is 8.73. The molecule has 0 bridgehead atoms. The Morgan fingerprint density at radius 2 is 2.03 bits per heavy atom. The van der Waals surface area contributed by atoms with E-state index >= 15 is 0 Å². The number of aliphatic hydroxyl groups is 1. The summed E-state index contributed by atoms with van der Waals surface area (Å²) in [5.41, 5.74) is 3.19. The highest BCUT2D eigenvalue weighted by molar-refractivity contribution is 7.19. The summed E-state index contributed by atoms with van der Waals surface area (Å²) in [6.45, 7) is 3.36. The number of nitrogens with one attached hydrogen (secondary N) is 1. The number of benzene rings is 1. The second kappa shape index (κ2) is 10.8. The molecule has 1 aromatic carbocycles. The van der Waals surface area contributed by atoms with Crippen LogP contribution in [0.5, 0.6) is 0 Å². The number of thiophene rings is 1. The molecule has 0 aliphatic heterocycles. The van der Waals surface area contributed by atoms with Gasteiger partial charge in [-0.25, -0.2) is 0 Å². The molecule has 7 nitrogen and oxygen atoms in total. The third-order valence-electron chi connectivity index (χ3n) is 5.94. The zero-order chi connectivity index (χ0) is 25.1. The SMILES string of the molecule is Cc1c(CN(C)CC(O)c2ccco2)sc2c(=O)c(CC(=O)NCc3ccc(Cl)cc3)cn(C)c12. The van der Waals surface area contributed by atoms with Gasteiger partial charge in [-0.2, -0.15) is 0 Å². The lowest BCUT2D eigenvalue weighted by molar-refractivity contribution is -0.120. The molecule has 0 saturated heterocycles. The minimum atomic E-state index is -0.728. The van der Waals surface area contributed by atoms with Gasteiger partial charge in [-0.05, 0) is 49.4 Å². The normalized spacial score (nSPS) is 12.4. The van der Waals surface area contributed by atoms with Gasteiger partial charge in [0, 0.05) is 48.3 Å². The molecule has 3 heterocycles. The number of hydrogen-bond donors (Lipinski definition) is 2. The van der Waals surface area contributed by atoms with Crippen LogP contribution in [0.25, 0.3) is 10.2 Å². The van der Waals surface area contributed by atoms with Gasteiger partial charge in [-0.15, -0.1) is 11.3 Å². The van der Waals surface area contributed by atoms with Crippen molar-refractivity contribution in [1.82, 2.24) is 14.8 Å². The average molecular weight is 514 g/mol. The second-order valence-corrected chi connectivity index (χ2v) is 10.3. The summed E-state index contributed by atoms with van der Waals surface area (Å²) in [5, 5.41) is 13.9. The van der Waals surface area contributed by atoms with E-state index in [0.29, 0.717) is 40.7 Å². The maximum Gasteiger partial charge on any atom is 0.224 e. The molecule has 0 radical (unpaired) electrons. The van der Waals surface area contributed by atoms with E-state index in [1.807, 2.05) is 42.6 Å². The van der Waals surface area contributed by atoms with Gasteiger partial charge in [0.2, 0.25) is 11.3 Å². The topological polar surface area (TPSA) is 87.7 Å². The van der Waals surface area contributed by atoms with Gasteiger partial charge in [0.25, 0.3) is 0 Å². The van der Waals surface area contributed by atoms with Crippen LogP contribution in [0.3, 0.4) is 0 Å². The summed E-state index contributed by atoms with van der Waals surface area (Å²) in [6.07, 6.45) is 2.58. The first-order chi connectivity index (χ1) is 16.7. The first-order valence-corrected chi connectivity index (χ1v) is 12.4. The fourth-order valence-electron chi connectivity index (χ4n) is 4.12. The Hall–Kier alpha value is -2.91. The van der Waals surface area contributed by atoms with Gasteiger partial charge in [0.15, 0.2) is 0 Å². The zero-order valence-corrected chi connectivity index (χ0v) is 21.4. The van der Waals surface area contributed by atoms with Crippen molar-refractivity contribution >= 4 is 39.1 Å². The number of carbonyl (C=O) groups is 1. The Morgan fingerprint density at radius 3 is 2.71 bits per heavy atom. The third kappa shape index (κ3) is 5.85. The smallest absolute Gasteiger partial charge is 0.224 e. The fourth-order valence-corrected chi connectivity index (χ4v) is 5.65. The maximum atomic E-state index is 13.2. The molecule has 2 N–H and O–H groups in total. The van der Waals surface area contributed by atoms with Gasteiger partial charge >= 0.3 is 0 Å². The molecule has 1 atom stereocenters.